The molecule has 1 aromatic rings. The molecule has 114 valence electrons. The smallest absolute Gasteiger partial charge is 0.229 e. The number of carbonyl (C=O) groups excluding carboxylic acids is 1. The van der Waals surface area contributed by atoms with Crippen molar-refractivity contribution in [1.82, 2.24) is 10.2 Å². The Bertz CT molecular complexity index is 483. The molecule has 1 aromatic carbocycles. The number of nitrogens with one attached hydrogen (secondary N) is 2. The molecule has 1 atom stereocenters. The number of nitrogens with zero attached hydrogens (tertiary/aromatic N) is 1. The Labute approximate surface area is 126 Å². The molecule has 1 saturated heterocycles. The van der Waals surface area contributed by atoms with Gasteiger partial charge < -0.3 is 15.5 Å². The minimum absolute atomic E-state index is 0.0313. The summed E-state index contributed by atoms with van der Waals surface area (Å²) in [6.45, 7) is 5.08. The first-order valence-corrected chi connectivity index (χ1v) is 8.17. The molecule has 3 rings (SSSR count). The number of para-hydroxylation sites is 1. The van der Waals surface area contributed by atoms with Crippen molar-refractivity contribution in [2.24, 2.45) is 0 Å². The fourth-order valence-corrected chi connectivity index (χ4v) is 3.34. The first-order chi connectivity index (χ1) is 10.3. The zero-order valence-electron chi connectivity index (χ0n) is 12.6. The number of carbonyl (C=O) groups is 1. The lowest BCUT2D eigenvalue weighted by atomic mass is 10.0. The largest absolute Gasteiger partial charge is 0.384 e. The van der Waals surface area contributed by atoms with Gasteiger partial charge in [-0.05, 0) is 50.5 Å². The summed E-state index contributed by atoms with van der Waals surface area (Å²) in [5.41, 5.74) is 2.23. The Morgan fingerprint density at radius 3 is 2.90 bits per heavy atom. The Morgan fingerprint density at radius 1 is 1.24 bits per heavy atom. The van der Waals surface area contributed by atoms with E-state index in [-0.39, 0.29) is 11.8 Å². The van der Waals surface area contributed by atoms with Crippen LogP contribution in [0.15, 0.2) is 24.3 Å². The molecule has 0 spiro atoms. The quantitative estimate of drug-likeness (QED) is 0.816. The van der Waals surface area contributed by atoms with Gasteiger partial charge in [0, 0.05) is 18.8 Å². The van der Waals surface area contributed by atoms with E-state index in [0.29, 0.717) is 0 Å². The van der Waals surface area contributed by atoms with Crippen molar-refractivity contribution in [1.29, 1.82) is 0 Å². The number of benzene rings is 1. The molecule has 2 aliphatic rings. The van der Waals surface area contributed by atoms with Crippen LogP contribution >= 0.6 is 0 Å². The fraction of sp³-hybridized carbons (Fsp3) is 0.588. The highest BCUT2D eigenvalue weighted by Gasteiger charge is 2.27. The molecule has 21 heavy (non-hydrogen) atoms. The zero-order valence-corrected chi connectivity index (χ0v) is 12.6. The Kier molecular flexibility index (Phi) is 4.76. The average molecular weight is 287 g/mol. The monoisotopic (exact) mass is 287 g/mol. The number of hydrogen-bond acceptors (Lipinski definition) is 3. The molecule has 2 aliphatic heterocycles. The van der Waals surface area contributed by atoms with E-state index in [1.165, 1.54) is 32.4 Å². The van der Waals surface area contributed by atoms with Crippen LogP contribution in [0.25, 0.3) is 0 Å². The van der Waals surface area contributed by atoms with Crippen molar-refractivity contribution >= 4 is 11.6 Å². The number of hydrogen-bond donors (Lipinski definition) is 2. The SMILES string of the molecule is O=C(NCCCN1CCCCC1)C1CNc2ccccc21. The van der Waals surface area contributed by atoms with E-state index in [2.05, 4.69) is 15.5 Å². The van der Waals surface area contributed by atoms with Gasteiger partial charge in [-0.15, -0.1) is 0 Å². The number of piperidine rings is 1. The van der Waals surface area contributed by atoms with Gasteiger partial charge in [0.05, 0.1) is 5.92 Å². The van der Waals surface area contributed by atoms with Crippen molar-refractivity contribution in [2.75, 3.05) is 38.0 Å². The summed E-state index contributed by atoms with van der Waals surface area (Å²) >= 11 is 0. The molecule has 4 nitrogen and oxygen atoms in total. The number of fused-ring (bicyclic) bond motifs is 1. The molecule has 0 aromatic heterocycles. The summed E-state index contributed by atoms with van der Waals surface area (Å²) in [5.74, 6) is 0.127. The van der Waals surface area contributed by atoms with Crippen molar-refractivity contribution < 1.29 is 4.79 Å². The predicted octanol–water partition coefficient (Wildman–Crippen LogP) is 2.19. The molecule has 1 amide bonds. The van der Waals surface area contributed by atoms with Gasteiger partial charge in [0.2, 0.25) is 5.91 Å². The second-order valence-electron chi connectivity index (χ2n) is 6.07. The molecule has 0 saturated carbocycles. The van der Waals surface area contributed by atoms with E-state index in [0.717, 1.165) is 37.3 Å². The van der Waals surface area contributed by atoms with Crippen LogP contribution in [0.3, 0.4) is 0 Å². The van der Waals surface area contributed by atoms with Crippen LogP contribution in [0, 0.1) is 0 Å². The van der Waals surface area contributed by atoms with Crippen LogP contribution in [0.1, 0.15) is 37.2 Å². The van der Waals surface area contributed by atoms with Crippen LogP contribution in [-0.2, 0) is 4.79 Å². The number of amides is 1. The van der Waals surface area contributed by atoms with Gasteiger partial charge in [0.1, 0.15) is 0 Å². The maximum absolute atomic E-state index is 12.3. The van der Waals surface area contributed by atoms with Gasteiger partial charge in [-0.1, -0.05) is 24.6 Å². The maximum atomic E-state index is 12.3. The second kappa shape index (κ2) is 6.94. The first kappa shape index (κ1) is 14.4. The van der Waals surface area contributed by atoms with Gasteiger partial charge in [-0.25, -0.2) is 0 Å². The molecule has 0 radical (unpaired) electrons. The number of likely N-dealkylation sites (tertiary alicyclic amines) is 1. The van der Waals surface area contributed by atoms with E-state index >= 15 is 0 Å². The standard InChI is InChI=1S/C17H25N3O/c21-17(15-13-19-16-8-3-2-7-14(15)16)18-9-6-12-20-10-4-1-5-11-20/h2-3,7-8,15,19H,1,4-6,9-13H2,(H,18,21). The number of rotatable bonds is 5. The summed E-state index contributed by atoms with van der Waals surface area (Å²) in [7, 11) is 0. The average Bonchev–Trinajstić information content (AvgIpc) is 2.96. The summed E-state index contributed by atoms with van der Waals surface area (Å²) in [6.07, 6.45) is 5.09. The third-order valence-corrected chi connectivity index (χ3v) is 4.55. The number of anilines is 1. The van der Waals surface area contributed by atoms with Gasteiger partial charge in [-0.2, -0.15) is 0 Å². The molecule has 2 N–H and O–H groups in total. The summed E-state index contributed by atoms with van der Waals surface area (Å²) in [6, 6.07) is 8.10. The van der Waals surface area contributed by atoms with Crippen molar-refractivity contribution in [3.8, 4) is 0 Å². The normalized spacial score (nSPS) is 21.6. The first-order valence-electron chi connectivity index (χ1n) is 8.17. The van der Waals surface area contributed by atoms with Crippen LogP contribution in [-0.4, -0.2) is 43.5 Å². The van der Waals surface area contributed by atoms with E-state index in [1.54, 1.807) is 0 Å². The van der Waals surface area contributed by atoms with E-state index in [1.807, 2.05) is 24.3 Å². The molecule has 0 aliphatic carbocycles. The summed E-state index contributed by atoms with van der Waals surface area (Å²) in [5, 5.41) is 6.40. The highest BCUT2D eigenvalue weighted by atomic mass is 16.1. The van der Waals surface area contributed by atoms with Crippen LogP contribution in [0.2, 0.25) is 0 Å². The maximum Gasteiger partial charge on any atom is 0.229 e. The van der Waals surface area contributed by atoms with E-state index in [4.69, 9.17) is 0 Å². The fourth-order valence-electron chi connectivity index (χ4n) is 3.34. The van der Waals surface area contributed by atoms with Gasteiger partial charge in [-0.3, -0.25) is 4.79 Å². The second-order valence-corrected chi connectivity index (χ2v) is 6.07. The van der Waals surface area contributed by atoms with Gasteiger partial charge in [0.25, 0.3) is 0 Å². The lowest BCUT2D eigenvalue weighted by Gasteiger charge is -2.26. The molecule has 1 fully saturated rings. The molecule has 0 bridgehead atoms. The zero-order chi connectivity index (χ0) is 14.5. The summed E-state index contributed by atoms with van der Waals surface area (Å²) < 4.78 is 0. The Morgan fingerprint density at radius 2 is 2.05 bits per heavy atom. The Balaban J connectivity index is 1.41. The third kappa shape index (κ3) is 3.56. The van der Waals surface area contributed by atoms with Gasteiger partial charge in [0.15, 0.2) is 0 Å². The topological polar surface area (TPSA) is 44.4 Å². The highest BCUT2D eigenvalue weighted by Crippen LogP contribution is 2.30. The Hall–Kier alpha value is -1.55. The molecule has 2 heterocycles. The van der Waals surface area contributed by atoms with Crippen molar-refractivity contribution in [3.05, 3.63) is 29.8 Å². The van der Waals surface area contributed by atoms with E-state index in [9.17, 15) is 4.79 Å². The van der Waals surface area contributed by atoms with Crippen molar-refractivity contribution in [2.45, 2.75) is 31.6 Å². The van der Waals surface area contributed by atoms with Crippen LogP contribution in [0.4, 0.5) is 5.69 Å². The minimum atomic E-state index is -0.0313. The molecular weight excluding hydrogens is 262 g/mol. The van der Waals surface area contributed by atoms with Crippen molar-refractivity contribution in [3.63, 3.8) is 0 Å². The lowest BCUT2D eigenvalue weighted by molar-refractivity contribution is -0.122. The molecule has 4 heteroatoms. The molecular formula is C17H25N3O. The molecule has 1 unspecified atom stereocenters. The van der Waals surface area contributed by atoms with Gasteiger partial charge >= 0.3 is 0 Å². The minimum Gasteiger partial charge on any atom is -0.384 e. The van der Waals surface area contributed by atoms with E-state index < -0.39 is 0 Å². The third-order valence-electron chi connectivity index (χ3n) is 4.55. The summed E-state index contributed by atoms with van der Waals surface area (Å²) in [4.78, 5) is 14.8. The predicted molar refractivity (Wildman–Crippen MR) is 85.6 cm³/mol. The lowest BCUT2D eigenvalue weighted by Crippen LogP contribution is -2.35. The van der Waals surface area contributed by atoms with Crippen LogP contribution in [0.5, 0.6) is 0 Å². The highest BCUT2D eigenvalue weighted by molar-refractivity contribution is 5.88. The van der Waals surface area contributed by atoms with Crippen LogP contribution < -0.4 is 10.6 Å².